The topological polar surface area (TPSA) is 84.0 Å². The molecular formula is C29H30N2O5. The van der Waals surface area contributed by atoms with Crippen LogP contribution in [0.1, 0.15) is 36.5 Å². The van der Waals surface area contributed by atoms with Gasteiger partial charge in [-0.1, -0.05) is 25.1 Å². The Hall–Kier alpha value is -3.74. The summed E-state index contributed by atoms with van der Waals surface area (Å²) in [5.41, 5.74) is 4.08. The normalized spacial score (nSPS) is 25.5. The van der Waals surface area contributed by atoms with Crippen molar-refractivity contribution in [1.29, 1.82) is 0 Å². The van der Waals surface area contributed by atoms with Crippen LogP contribution in [0.5, 0.6) is 5.75 Å². The first-order valence-electron chi connectivity index (χ1n) is 12.4. The van der Waals surface area contributed by atoms with Gasteiger partial charge in [0, 0.05) is 18.7 Å². The molecule has 2 fully saturated rings. The summed E-state index contributed by atoms with van der Waals surface area (Å²) in [4.78, 5) is 54.7. The highest BCUT2D eigenvalue weighted by Crippen LogP contribution is 2.41. The number of esters is 1. The van der Waals surface area contributed by atoms with Crippen molar-refractivity contribution in [2.45, 2.75) is 40.5 Å². The second-order valence-electron chi connectivity index (χ2n) is 10.3. The molecule has 0 bridgehead atoms. The molecule has 0 spiro atoms. The Labute approximate surface area is 210 Å². The van der Waals surface area contributed by atoms with Gasteiger partial charge in [-0.3, -0.25) is 19.2 Å². The van der Waals surface area contributed by atoms with E-state index in [1.165, 1.54) is 4.90 Å². The van der Waals surface area contributed by atoms with Crippen molar-refractivity contribution in [3.63, 3.8) is 0 Å². The number of hydrogen-bond donors (Lipinski definition) is 0. The molecule has 2 aromatic carbocycles. The molecule has 0 N–H and O–H groups in total. The lowest BCUT2D eigenvalue weighted by molar-refractivity contribution is -0.139. The van der Waals surface area contributed by atoms with Crippen LogP contribution < -0.4 is 14.5 Å². The zero-order valence-corrected chi connectivity index (χ0v) is 21.0. The lowest BCUT2D eigenvalue weighted by atomic mass is 9.78. The van der Waals surface area contributed by atoms with Gasteiger partial charge in [0.15, 0.2) is 0 Å². The molecule has 0 aromatic heterocycles. The van der Waals surface area contributed by atoms with E-state index in [2.05, 4.69) is 0 Å². The summed E-state index contributed by atoms with van der Waals surface area (Å²) >= 11 is 0. The Balaban J connectivity index is 1.29. The molecular weight excluding hydrogens is 456 g/mol. The van der Waals surface area contributed by atoms with Gasteiger partial charge in [0.25, 0.3) is 0 Å². The quantitative estimate of drug-likeness (QED) is 0.279. The first-order chi connectivity index (χ1) is 17.1. The highest BCUT2D eigenvalue weighted by Gasteiger charge is 2.50. The molecule has 0 unspecified atom stereocenters. The monoisotopic (exact) mass is 486 g/mol. The second-order valence-corrected chi connectivity index (χ2v) is 10.3. The fourth-order valence-corrected chi connectivity index (χ4v) is 5.75. The van der Waals surface area contributed by atoms with E-state index in [-0.39, 0.29) is 48.4 Å². The van der Waals surface area contributed by atoms with E-state index in [0.717, 1.165) is 16.8 Å². The number of rotatable bonds is 4. The van der Waals surface area contributed by atoms with E-state index in [1.807, 2.05) is 51.1 Å². The van der Waals surface area contributed by atoms with Gasteiger partial charge in [0.1, 0.15) is 5.75 Å². The Morgan fingerprint density at radius 3 is 2.36 bits per heavy atom. The van der Waals surface area contributed by atoms with Gasteiger partial charge < -0.3 is 9.64 Å². The molecule has 2 saturated heterocycles. The molecule has 0 radical (unpaired) electrons. The van der Waals surface area contributed by atoms with Crippen LogP contribution in [-0.2, 0) is 19.2 Å². The van der Waals surface area contributed by atoms with Crippen LogP contribution in [0, 0.1) is 44.4 Å². The zero-order valence-electron chi connectivity index (χ0n) is 21.0. The third-order valence-corrected chi connectivity index (χ3v) is 7.48. The third kappa shape index (κ3) is 4.12. The number of ether oxygens (including phenoxy) is 1. The van der Waals surface area contributed by atoms with Crippen LogP contribution in [0.4, 0.5) is 11.4 Å². The highest BCUT2D eigenvalue weighted by atomic mass is 16.5. The maximum Gasteiger partial charge on any atom is 0.316 e. The third-order valence-electron chi connectivity index (χ3n) is 7.48. The summed E-state index contributed by atoms with van der Waals surface area (Å²) in [5.74, 6) is -1.82. The molecule has 0 saturated carbocycles. The van der Waals surface area contributed by atoms with Crippen LogP contribution in [-0.4, -0.2) is 30.2 Å². The molecule has 2 heterocycles. The number of carbonyl (C=O) groups excluding carboxylic acids is 4. The van der Waals surface area contributed by atoms with Crippen LogP contribution in [0.25, 0.3) is 0 Å². The molecule has 3 aliphatic rings. The SMILES string of the molecule is Cc1cc(C)cc(N2C[C@H](C(=O)Oc3ccc(N4C(=O)[C@H]5[C@H](C)C=CC[C@@H]5C4=O)c(C)c3)CC2=O)c1. The molecule has 7 heteroatoms. The summed E-state index contributed by atoms with van der Waals surface area (Å²) in [6.07, 6.45) is 4.64. The largest absolute Gasteiger partial charge is 0.426 e. The van der Waals surface area contributed by atoms with Crippen molar-refractivity contribution in [3.8, 4) is 5.75 Å². The Morgan fingerprint density at radius 2 is 1.69 bits per heavy atom. The summed E-state index contributed by atoms with van der Waals surface area (Å²) in [6.45, 7) is 7.97. The van der Waals surface area contributed by atoms with E-state index in [1.54, 1.807) is 30.0 Å². The van der Waals surface area contributed by atoms with Gasteiger partial charge in [-0.15, -0.1) is 0 Å². The van der Waals surface area contributed by atoms with Crippen LogP contribution in [0.3, 0.4) is 0 Å². The van der Waals surface area contributed by atoms with E-state index in [0.29, 0.717) is 23.4 Å². The van der Waals surface area contributed by atoms with Crippen LogP contribution >= 0.6 is 0 Å². The molecule has 5 rings (SSSR count). The zero-order chi connectivity index (χ0) is 25.7. The predicted molar refractivity (Wildman–Crippen MR) is 136 cm³/mol. The van der Waals surface area contributed by atoms with Crippen LogP contribution in [0.15, 0.2) is 48.6 Å². The van der Waals surface area contributed by atoms with Gasteiger partial charge in [-0.05, 0) is 80.1 Å². The summed E-state index contributed by atoms with van der Waals surface area (Å²) in [7, 11) is 0. The second kappa shape index (κ2) is 9.04. The number of nitrogens with zero attached hydrogens (tertiary/aromatic N) is 2. The van der Waals surface area contributed by atoms with E-state index in [4.69, 9.17) is 4.74 Å². The summed E-state index contributed by atoms with van der Waals surface area (Å²) in [6, 6.07) is 10.8. The minimum atomic E-state index is -0.572. The van der Waals surface area contributed by atoms with Gasteiger partial charge in [-0.25, -0.2) is 4.90 Å². The number of carbonyl (C=O) groups is 4. The number of imide groups is 1. The molecule has 1 aliphatic carbocycles. The minimum Gasteiger partial charge on any atom is -0.426 e. The Morgan fingerprint density at radius 1 is 0.972 bits per heavy atom. The average molecular weight is 487 g/mol. The number of hydrogen-bond acceptors (Lipinski definition) is 5. The number of fused-ring (bicyclic) bond motifs is 1. The maximum atomic E-state index is 13.1. The van der Waals surface area contributed by atoms with Gasteiger partial charge in [0.2, 0.25) is 17.7 Å². The fourth-order valence-electron chi connectivity index (χ4n) is 5.75. The number of allylic oxidation sites excluding steroid dienone is 2. The highest BCUT2D eigenvalue weighted by molar-refractivity contribution is 6.22. The lowest BCUT2D eigenvalue weighted by Crippen LogP contribution is -2.32. The Kier molecular flexibility index (Phi) is 6.02. The van der Waals surface area contributed by atoms with E-state index < -0.39 is 11.9 Å². The maximum absolute atomic E-state index is 13.1. The molecule has 2 aromatic rings. The van der Waals surface area contributed by atoms with E-state index in [9.17, 15) is 19.2 Å². The average Bonchev–Trinajstić information content (AvgIpc) is 3.32. The Bertz CT molecular complexity index is 1290. The molecule has 2 aliphatic heterocycles. The number of benzene rings is 2. The smallest absolute Gasteiger partial charge is 0.316 e. The van der Waals surface area contributed by atoms with Gasteiger partial charge >= 0.3 is 5.97 Å². The lowest BCUT2D eigenvalue weighted by Gasteiger charge is -2.22. The molecule has 36 heavy (non-hydrogen) atoms. The van der Waals surface area contributed by atoms with Gasteiger partial charge in [-0.2, -0.15) is 0 Å². The predicted octanol–water partition coefficient (Wildman–Crippen LogP) is 4.27. The summed E-state index contributed by atoms with van der Waals surface area (Å²) < 4.78 is 5.63. The first-order valence-corrected chi connectivity index (χ1v) is 12.4. The van der Waals surface area contributed by atoms with Crippen molar-refractivity contribution in [1.82, 2.24) is 0 Å². The van der Waals surface area contributed by atoms with Crippen molar-refractivity contribution in [3.05, 3.63) is 65.2 Å². The van der Waals surface area contributed by atoms with E-state index >= 15 is 0 Å². The molecule has 7 nitrogen and oxygen atoms in total. The van der Waals surface area contributed by atoms with Crippen molar-refractivity contribution < 1.29 is 23.9 Å². The first kappa shape index (κ1) is 24.0. The van der Waals surface area contributed by atoms with Crippen molar-refractivity contribution in [2.24, 2.45) is 23.7 Å². The number of amides is 3. The van der Waals surface area contributed by atoms with Crippen molar-refractivity contribution in [2.75, 3.05) is 16.3 Å². The fraction of sp³-hybridized carbons (Fsp3) is 0.379. The van der Waals surface area contributed by atoms with Crippen molar-refractivity contribution >= 4 is 35.1 Å². The standard InChI is InChI=1S/C29H30N2O5/c1-16-10-17(2)12-21(11-16)30-15-20(14-25(30)32)29(35)36-22-8-9-24(19(4)13-22)31-27(33)23-7-5-6-18(3)26(23)28(31)34/h5-6,8-13,18,20,23,26H,7,14-15H2,1-4H3/t18-,20-,23+,26+/m1/s1. The minimum absolute atomic E-state index is 0.0168. The van der Waals surface area contributed by atoms with Gasteiger partial charge in [0.05, 0.1) is 23.4 Å². The number of anilines is 2. The summed E-state index contributed by atoms with van der Waals surface area (Å²) in [5, 5.41) is 0. The van der Waals surface area contributed by atoms with Crippen LogP contribution in [0.2, 0.25) is 0 Å². The molecule has 4 atom stereocenters. The number of aryl methyl sites for hydroxylation is 3. The molecule has 3 amide bonds. The molecule has 186 valence electrons.